The van der Waals surface area contributed by atoms with Crippen molar-refractivity contribution in [2.75, 3.05) is 26.2 Å². The van der Waals surface area contributed by atoms with E-state index in [0.717, 1.165) is 0 Å². The molecule has 4 fully saturated rings. The number of aliphatic hydroxyl groups excluding tert-OH is 5. The summed E-state index contributed by atoms with van der Waals surface area (Å²) in [6.45, 7) is 0.361. The van der Waals surface area contributed by atoms with Crippen molar-refractivity contribution in [1.82, 2.24) is 5.32 Å². The summed E-state index contributed by atoms with van der Waals surface area (Å²) in [5, 5.41) is 67.0. The zero-order valence-corrected chi connectivity index (χ0v) is 24.8. The van der Waals surface area contributed by atoms with E-state index in [1.807, 2.05) is 0 Å². The van der Waals surface area contributed by atoms with Crippen molar-refractivity contribution in [2.45, 2.75) is 130 Å². The van der Waals surface area contributed by atoms with Crippen LogP contribution in [0.1, 0.15) is 38.5 Å². The van der Waals surface area contributed by atoms with Gasteiger partial charge in [-0.1, -0.05) is 0 Å². The highest BCUT2D eigenvalue weighted by molar-refractivity contribution is 5.88. The zero-order valence-electron chi connectivity index (χ0n) is 24.8. The Morgan fingerprint density at radius 3 is 2.18 bits per heavy atom. The van der Waals surface area contributed by atoms with Crippen LogP contribution < -0.4 is 34.0 Å². The van der Waals surface area contributed by atoms with Gasteiger partial charge < -0.3 is 83.6 Å². The largest absolute Gasteiger partial charge is 0.394 e. The summed E-state index contributed by atoms with van der Waals surface area (Å²) in [7, 11) is 0. The normalized spacial score (nSPS) is 48.1. The monoisotopic (exact) mass is 636 g/mol. The summed E-state index contributed by atoms with van der Waals surface area (Å²) < 4.78 is 24.0. The molecule has 17 N–H and O–H groups in total. The molecule has 17 nitrogen and oxygen atoms in total. The number of Topliss-reactive ketones (excluding diaryl/α,β-unsaturated/α-hetero) is 1. The maximum atomic E-state index is 13.2. The number of rotatable bonds is 13. The summed E-state index contributed by atoms with van der Waals surface area (Å²) in [6.07, 6.45) is -11.0. The standard InChI is InChI=1S/C27H52N6O11/c28-2-1-3-33-14-6-15(35)16(9-29)41-25(14)44-24-13(31)4-11(5-18(36)27(40)7-12(30)8-27)23(22(24)39)43-26-21(38)19(32)20(37)17(10-34)42-26/h11-17,19-26,33-35,37-40H,1-10,28-32H2/t11-,12?,13-,14+,15-,16+,17+,19-,20+,21+,22+,23-,24+,25+,26+,27?/m0/s1. The first kappa shape index (κ1) is 35.9. The van der Waals surface area contributed by atoms with E-state index in [9.17, 15) is 35.4 Å². The molecule has 14 atom stereocenters. The Bertz CT molecular complexity index is 933. The molecule has 4 aliphatic rings. The van der Waals surface area contributed by atoms with Crippen LogP contribution in [0.4, 0.5) is 0 Å². The smallest absolute Gasteiger partial charge is 0.186 e. The predicted molar refractivity (Wildman–Crippen MR) is 153 cm³/mol. The summed E-state index contributed by atoms with van der Waals surface area (Å²) >= 11 is 0. The molecular formula is C27H52N6O11. The van der Waals surface area contributed by atoms with Gasteiger partial charge in [0.15, 0.2) is 18.4 Å². The number of ether oxygens (including phenoxy) is 4. The van der Waals surface area contributed by atoms with E-state index in [0.29, 0.717) is 19.5 Å². The molecule has 44 heavy (non-hydrogen) atoms. The number of carbonyl (C=O) groups is 1. The fraction of sp³-hybridized carbons (Fsp3) is 0.963. The van der Waals surface area contributed by atoms with Crippen molar-refractivity contribution in [3.8, 4) is 0 Å². The Labute approximate surface area is 256 Å². The van der Waals surface area contributed by atoms with Crippen molar-refractivity contribution in [2.24, 2.45) is 34.6 Å². The fourth-order valence-electron chi connectivity index (χ4n) is 6.70. The van der Waals surface area contributed by atoms with Crippen LogP contribution in [0.25, 0.3) is 0 Å². The zero-order chi connectivity index (χ0) is 32.3. The first-order chi connectivity index (χ1) is 20.8. The maximum Gasteiger partial charge on any atom is 0.186 e. The second kappa shape index (κ2) is 15.3. The molecule has 0 aromatic rings. The first-order valence-electron chi connectivity index (χ1n) is 15.4. The fourth-order valence-corrected chi connectivity index (χ4v) is 6.70. The molecule has 256 valence electrons. The van der Waals surface area contributed by atoms with Gasteiger partial charge in [0.25, 0.3) is 0 Å². The van der Waals surface area contributed by atoms with E-state index < -0.39 is 103 Å². The van der Waals surface area contributed by atoms with E-state index in [4.69, 9.17) is 47.6 Å². The molecule has 0 aromatic carbocycles. The van der Waals surface area contributed by atoms with Crippen LogP contribution in [-0.4, -0.2) is 154 Å². The van der Waals surface area contributed by atoms with Crippen LogP contribution in [0.3, 0.4) is 0 Å². The summed E-state index contributed by atoms with van der Waals surface area (Å²) in [6, 6.07) is -2.87. The van der Waals surface area contributed by atoms with Crippen LogP contribution in [0.15, 0.2) is 0 Å². The van der Waals surface area contributed by atoms with Gasteiger partial charge >= 0.3 is 0 Å². The first-order valence-corrected chi connectivity index (χ1v) is 15.4. The SMILES string of the molecule is NCCCN[C@@H]1C[C@H](O)[C@@H](CN)O[C@@H]1O[C@H]1[C@H](O)[C@@H](O[C@H]2O[C@H](CO)[C@@H](O)[C@H](N)[C@H]2O)[C@H](CC(=O)C2(O)CC(N)C2)C[C@@H]1N. The molecule has 0 aromatic heterocycles. The Morgan fingerprint density at radius 1 is 0.909 bits per heavy atom. The molecule has 2 saturated carbocycles. The van der Waals surface area contributed by atoms with Crippen molar-refractivity contribution >= 4 is 5.78 Å². The lowest BCUT2D eigenvalue weighted by Crippen LogP contribution is -2.66. The molecule has 2 aliphatic heterocycles. The highest BCUT2D eigenvalue weighted by atomic mass is 16.7. The van der Waals surface area contributed by atoms with Gasteiger partial charge in [0.05, 0.1) is 37.0 Å². The molecule has 4 rings (SSSR count). The van der Waals surface area contributed by atoms with Gasteiger partial charge in [-0.15, -0.1) is 0 Å². The van der Waals surface area contributed by atoms with Crippen molar-refractivity contribution in [3.05, 3.63) is 0 Å². The van der Waals surface area contributed by atoms with Crippen LogP contribution in [0.2, 0.25) is 0 Å². The Morgan fingerprint density at radius 2 is 1.57 bits per heavy atom. The number of nitrogens with two attached hydrogens (primary N) is 5. The highest BCUT2D eigenvalue weighted by Crippen LogP contribution is 2.39. The van der Waals surface area contributed by atoms with Crippen molar-refractivity contribution < 1.29 is 54.4 Å². The summed E-state index contributed by atoms with van der Waals surface area (Å²) in [5.41, 5.74) is 28.1. The second-order valence-electron chi connectivity index (χ2n) is 12.7. The van der Waals surface area contributed by atoms with E-state index in [2.05, 4.69) is 5.32 Å². The lowest BCUT2D eigenvalue weighted by atomic mass is 9.69. The van der Waals surface area contributed by atoms with Gasteiger partial charge in [-0.05, 0) is 51.1 Å². The van der Waals surface area contributed by atoms with E-state index in [-0.39, 0.29) is 44.7 Å². The molecule has 17 heteroatoms. The quantitative estimate of drug-likeness (QED) is 0.0836. The average molecular weight is 637 g/mol. The van der Waals surface area contributed by atoms with Crippen molar-refractivity contribution in [1.29, 1.82) is 0 Å². The Kier molecular flexibility index (Phi) is 12.5. The molecule has 2 heterocycles. The van der Waals surface area contributed by atoms with Crippen LogP contribution >= 0.6 is 0 Å². The highest BCUT2D eigenvalue weighted by Gasteiger charge is 2.53. The molecule has 0 unspecified atom stereocenters. The summed E-state index contributed by atoms with van der Waals surface area (Å²) in [5.74, 6) is -1.24. The van der Waals surface area contributed by atoms with Crippen molar-refractivity contribution in [3.63, 3.8) is 0 Å². The number of ketones is 1. The van der Waals surface area contributed by atoms with Crippen LogP contribution in [-0.2, 0) is 23.7 Å². The number of carbonyl (C=O) groups excluding carboxylic acids is 1. The number of nitrogens with one attached hydrogen (secondary N) is 1. The molecule has 2 saturated heterocycles. The molecule has 2 aliphatic carbocycles. The van der Waals surface area contributed by atoms with E-state index in [1.165, 1.54) is 0 Å². The minimum absolute atomic E-state index is 0.0212. The third-order valence-electron chi connectivity index (χ3n) is 9.40. The van der Waals surface area contributed by atoms with Gasteiger partial charge in [-0.25, -0.2) is 0 Å². The number of aliphatic hydroxyl groups is 6. The van der Waals surface area contributed by atoms with Crippen LogP contribution in [0.5, 0.6) is 0 Å². The molecule has 0 spiro atoms. The number of hydrogen-bond acceptors (Lipinski definition) is 17. The Hall–Kier alpha value is -0.970. The molecule has 0 bridgehead atoms. The van der Waals surface area contributed by atoms with Gasteiger partial charge in [0, 0.05) is 25.0 Å². The number of hydrogen-bond donors (Lipinski definition) is 12. The second-order valence-corrected chi connectivity index (χ2v) is 12.7. The minimum Gasteiger partial charge on any atom is -0.394 e. The van der Waals surface area contributed by atoms with Gasteiger partial charge in [0.1, 0.15) is 36.1 Å². The topological polar surface area (TPSA) is 317 Å². The summed E-state index contributed by atoms with van der Waals surface area (Å²) in [4.78, 5) is 13.2. The molecular weight excluding hydrogens is 584 g/mol. The van der Waals surface area contributed by atoms with Crippen LogP contribution in [0, 0.1) is 5.92 Å². The van der Waals surface area contributed by atoms with E-state index in [1.54, 1.807) is 0 Å². The van der Waals surface area contributed by atoms with Gasteiger partial charge in [-0.3, -0.25) is 4.79 Å². The average Bonchev–Trinajstić information content (AvgIpc) is 2.97. The lowest BCUT2D eigenvalue weighted by Gasteiger charge is -2.49. The molecule has 0 amide bonds. The third-order valence-corrected chi connectivity index (χ3v) is 9.40. The van der Waals surface area contributed by atoms with E-state index >= 15 is 0 Å². The third kappa shape index (κ3) is 7.76. The lowest BCUT2D eigenvalue weighted by molar-refractivity contribution is -0.320. The Balaban J connectivity index is 1.56. The molecule has 0 radical (unpaired) electrons. The van der Waals surface area contributed by atoms with Gasteiger partial charge in [-0.2, -0.15) is 0 Å². The predicted octanol–water partition coefficient (Wildman–Crippen LogP) is -6.22. The van der Waals surface area contributed by atoms with Gasteiger partial charge in [0.2, 0.25) is 0 Å². The minimum atomic E-state index is -1.60. The maximum absolute atomic E-state index is 13.2.